The van der Waals surface area contributed by atoms with E-state index in [4.69, 9.17) is 15.3 Å². The van der Waals surface area contributed by atoms with Crippen LogP contribution in [0.15, 0.2) is 42.2 Å². The SMILES string of the molecule is NNC(C1=CCCO1)C1(c2ccccc2)CCOCC1. The van der Waals surface area contributed by atoms with Gasteiger partial charge in [-0.2, -0.15) is 0 Å². The molecule has 1 aromatic rings. The van der Waals surface area contributed by atoms with Gasteiger partial charge in [-0.15, -0.1) is 0 Å². The third-order valence-corrected chi connectivity index (χ3v) is 4.47. The molecule has 108 valence electrons. The van der Waals surface area contributed by atoms with Crippen molar-refractivity contribution in [3.05, 3.63) is 47.7 Å². The molecule has 0 bridgehead atoms. The van der Waals surface area contributed by atoms with Crippen molar-refractivity contribution in [1.29, 1.82) is 0 Å². The van der Waals surface area contributed by atoms with Crippen molar-refractivity contribution in [2.45, 2.75) is 30.7 Å². The van der Waals surface area contributed by atoms with Crippen LogP contribution < -0.4 is 11.3 Å². The topological polar surface area (TPSA) is 56.5 Å². The van der Waals surface area contributed by atoms with Crippen molar-refractivity contribution >= 4 is 0 Å². The summed E-state index contributed by atoms with van der Waals surface area (Å²) in [4.78, 5) is 0. The standard InChI is InChI=1S/C16H22N2O2/c17-18-15(14-7-4-10-20-14)16(8-11-19-12-9-16)13-5-2-1-3-6-13/h1-3,5-7,15,18H,4,8-12,17H2. The molecule has 0 aliphatic carbocycles. The Morgan fingerprint density at radius 3 is 2.45 bits per heavy atom. The number of hydrazine groups is 1. The van der Waals surface area contributed by atoms with Gasteiger partial charge in [0.25, 0.3) is 0 Å². The van der Waals surface area contributed by atoms with Gasteiger partial charge in [0, 0.05) is 25.0 Å². The van der Waals surface area contributed by atoms with E-state index in [1.165, 1.54) is 5.56 Å². The highest BCUT2D eigenvalue weighted by molar-refractivity contribution is 5.32. The third kappa shape index (κ3) is 2.35. The summed E-state index contributed by atoms with van der Waals surface area (Å²) in [5.74, 6) is 6.88. The summed E-state index contributed by atoms with van der Waals surface area (Å²) >= 11 is 0. The number of hydrogen-bond acceptors (Lipinski definition) is 4. The summed E-state index contributed by atoms with van der Waals surface area (Å²) in [6.07, 6.45) is 5.03. The van der Waals surface area contributed by atoms with E-state index in [1.54, 1.807) is 0 Å². The van der Waals surface area contributed by atoms with Crippen molar-refractivity contribution in [2.24, 2.45) is 5.84 Å². The number of nitrogens with one attached hydrogen (secondary N) is 1. The predicted octanol–water partition coefficient (Wildman–Crippen LogP) is 1.87. The Kier molecular flexibility index (Phi) is 4.05. The molecule has 3 N–H and O–H groups in total. The van der Waals surface area contributed by atoms with E-state index < -0.39 is 0 Å². The Morgan fingerprint density at radius 2 is 1.85 bits per heavy atom. The van der Waals surface area contributed by atoms with Crippen molar-refractivity contribution in [1.82, 2.24) is 5.43 Å². The summed E-state index contributed by atoms with van der Waals surface area (Å²) in [5.41, 5.74) is 4.26. The molecule has 0 radical (unpaired) electrons. The van der Waals surface area contributed by atoms with Crippen LogP contribution in [0.1, 0.15) is 24.8 Å². The Labute approximate surface area is 119 Å². The highest BCUT2D eigenvalue weighted by Gasteiger charge is 2.44. The van der Waals surface area contributed by atoms with Crippen LogP contribution in [0.4, 0.5) is 0 Å². The maximum absolute atomic E-state index is 5.89. The molecule has 4 heteroatoms. The largest absolute Gasteiger partial charge is 0.496 e. The van der Waals surface area contributed by atoms with E-state index in [2.05, 4.69) is 35.8 Å². The summed E-state index contributed by atoms with van der Waals surface area (Å²) in [5, 5.41) is 0. The first-order valence-electron chi connectivity index (χ1n) is 7.29. The lowest BCUT2D eigenvalue weighted by molar-refractivity contribution is 0.0306. The monoisotopic (exact) mass is 274 g/mol. The lowest BCUT2D eigenvalue weighted by Crippen LogP contribution is -2.54. The van der Waals surface area contributed by atoms with Crippen LogP contribution in [-0.2, 0) is 14.9 Å². The van der Waals surface area contributed by atoms with E-state index >= 15 is 0 Å². The minimum atomic E-state index is -0.0512. The van der Waals surface area contributed by atoms with Gasteiger partial charge >= 0.3 is 0 Å². The lowest BCUT2D eigenvalue weighted by Gasteiger charge is -2.43. The minimum Gasteiger partial charge on any atom is -0.496 e. The van der Waals surface area contributed by atoms with Crippen molar-refractivity contribution in [3.63, 3.8) is 0 Å². The van der Waals surface area contributed by atoms with E-state index in [0.717, 1.165) is 44.8 Å². The molecule has 0 amide bonds. The number of rotatable bonds is 4. The Morgan fingerprint density at radius 1 is 1.10 bits per heavy atom. The molecule has 0 aromatic heterocycles. The second kappa shape index (κ2) is 5.95. The molecule has 20 heavy (non-hydrogen) atoms. The van der Waals surface area contributed by atoms with E-state index in [9.17, 15) is 0 Å². The normalized spacial score (nSPS) is 22.9. The maximum Gasteiger partial charge on any atom is 0.111 e. The molecule has 4 nitrogen and oxygen atoms in total. The molecule has 2 heterocycles. The van der Waals surface area contributed by atoms with Crippen LogP contribution in [-0.4, -0.2) is 25.9 Å². The number of nitrogens with two attached hydrogens (primary N) is 1. The molecule has 0 saturated carbocycles. The van der Waals surface area contributed by atoms with Gasteiger partial charge in [-0.3, -0.25) is 5.84 Å². The Balaban J connectivity index is 2.00. The third-order valence-electron chi connectivity index (χ3n) is 4.47. The molecular formula is C16H22N2O2. The summed E-state index contributed by atoms with van der Waals surface area (Å²) in [7, 11) is 0. The highest BCUT2D eigenvalue weighted by Crippen LogP contribution is 2.41. The quantitative estimate of drug-likeness (QED) is 0.650. The lowest BCUT2D eigenvalue weighted by atomic mass is 9.68. The first kappa shape index (κ1) is 13.6. The number of benzene rings is 1. The molecule has 1 unspecified atom stereocenters. The summed E-state index contributed by atoms with van der Waals surface area (Å²) < 4.78 is 11.4. The summed E-state index contributed by atoms with van der Waals surface area (Å²) in [6.45, 7) is 2.29. The predicted molar refractivity (Wildman–Crippen MR) is 77.9 cm³/mol. The zero-order valence-corrected chi connectivity index (χ0v) is 11.7. The van der Waals surface area contributed by atoms with E-state index in [0.29, 0.717) is 0 Å². The van der Waals surface area contributed by atoms with Gasteiger partial charge in [0.1, 0.15) is 5.76 Å². The van der Waals surface area contributed by atoms with Crippen molar-refractivity contribution < 1.29 is 9.47 Å². The molecule has 1 saturated heterocycles. The smallest absolute Gasteiger partial charge is 0.111 e. The van der Waals surface area contributed by atoms with Gasteiger partial charge in [0.15, 0.2) is 0 Å². The minimum absolute atomic E-state index is 0.0105. The maximum atomic E-state index is 5.89. The van der Waals surface area contributed by atoms with Gasteiger partial charge in [0.2, 0.25) is 0 Å². The zero-order chi connectivity index (χ0) is 13.8. The van der Waals surface area contributed by atoms with E-state index in [-0.39, 0.29) is 11.5 Å². The van der Waals surface area contributed by atoms with Crippen LogP contribution >= 0.6 is 0 Å². The number of hydrogen-bond donors (Lipinski definition) is 2. The molecule has 0 spiro atoms. The molecule has 2 aliphatic heterocycles. The van der Waals surface area contributed by atoms with Gasteiger partial charge in [0.05, 0.1) is 12.6 Å². The Hall–Kier alpha value is -1.36. The molecule has 2 aliphatic rings. The molecule has 1 atom stereocenters. The van der Waals surface area contributed by atoms with Gasteiger partial charge < -0.3 is 9.47 Å². The van der Waals surface area contributed by atoms with Crippen LogP contribution in [0.3, 0.4) is 0 Å². The van der Waals surface area contributed by atoms with Crippen LogP contribution in [0.2, 0.25) is 0 Å². The average molecular weight is 274 g/mol. The fourth-order valence-corrected chi connectivity index (χ4v) is 3.40. The molecule has 3 rings (SSSR count). The Bertz CT molecular complexity index is 467. The highest BCUT2D eigenvalue weighted by atomic mass is 16.5. The van der Waals surface area contributed by atoms with Crippen molar-refractivity contribution in [2.75, 3.05) is 19.8 Å². The zero-order valence-electron chi connectivity index (χ0n) is 11.7. The van der Waals surface area contributed by atoms with Crippen molar-refractivity contribution in [3.8, 4) is 0 Å². The fourth-order valence-electron chi connectivity index (χ4n) is 3.40. The molecule has 1 aromatic carbocycles. The number of ether oxygens (including phenoxy) is 2. The second-order valence-electron chi connectivity index (χ2n) is 5.48. The van der Waals surface area contributed by atoms with Gasteiger partial charge in [-0.25, -0.2) is 5.43 Å². The first-order chi connectivity index (χ1) is 9.87. The van der Waals surface area contributed by atoms with Crippen LogP contribution in [0.25, 0.3) is 0 Å². The second-order valence-corrected chi connectivity index (χ2v) is 5.48. The van der Waals surface area contributed by atoms with Gasteiger partial charge in [-0.05, 0) is 24.5 Å². The summed E-state index contributed by atoms with van der Waals surface area (Å²) in [6, 6.07) is 10.6. The van der Waals surface area contributed by atoms with Crippen LogP contribution in [0, 0.1) is 0 Å². The van der Waals surface area contributed by atoms with Crippen LogP contribution in [0.5, 0.6) is 0 Å². The first-order valence-corrected chi connectivity index (χ1v) is 7.29. The molecular weight excluding hydrogens is 252 g/mol. The van der Waals surface area contributed by atoms with Gasteiger partial charge in [-0.1, -0.05) is 30.3 Å². The van der Waals surface area contributed by atoms with E-state index in [1.807, 2.05) is 6.07 Å². The fraction of sp³-hybridized carbons (Fsp3) is 0.500. The molecule has 1 fully saturated rings. The average Bonchev–Trinajstić information content (AvgIpc) is 3.04.